The molecule has 2 N–H and O–H groups in total. The topological polar surface area (TPSA) is 37.0 Å². The Hall–Kier alpha value is -2.14. The van der Waals surface area contributed by atoms with Crippen molar-refractivity contribution in [2.24, 2.45) is 0 Å². The van der Waals surface area contributed by atoms with E-state index in [1.807, 2.05) is 12.3 Å². The Morgan fingerprint density at radius 1 is 1.25 bits per heavy atom. The zero-order valence-corrected chi connectivity index (χ0v) is 14.5. The summed E-state index contributed by atoms with van der Waals surface area (Å²) in [6.07, 6.45) is 4.87. The molecule has 2 aromatic carbocycles. The Bertz CT molecular complexity index is 908. The molecule has 0 bridgehead atoms. The molecule has 1 aliphatic rings. The second-order valence-corrected chi connectivity index (χ2v) is 6.92. The Kier molecular flexibility index (Phi) is 3.68. The highest BCUT2D eigenvalue weighted by atomic mass is 32.2. The highest BCUT2D eigenvalue weighted by molar-refractivity contribution is 7.99. The van der Waals surface area contributed by atoms with Crippen molar-refractivity contribution in [1.82, 2.24) is 4.98 Å². The van der Waals surface area contributed by atoms with Crippen LogP contribution in [0, 0.1) is 5.82 Å². The molecular weight excluding hydrogens is 323 g/mol. The molecule has 0 radical (unpaired) electrons. The Balaban J connectivity index is 1.92. The number of rotatable bonds is 3. The van der Waals surface area contributed by atoms with Gasteiger partial charge in [0.2, 0.25) is 0 Å². The molecule has 5 heteroatoms. The van der Waals surface area contributed by atoms with Crippen LogP contribution in [-0.4, -0.2) is 17.8 Å². The monoisotopic (exact) mass is 342 g/mol. The van der Waals surface area contributed by atoms with Gasteiger partial charge in [-0.3, -0.25) is 0 Å². The van der Waals surface area contributed by atoms with Crippen LogP contribution in [0.15, 0.2) is 42.6 Å². The third-order valence-electron chi connectivity index (χ3n) is 4.92. The van der Waals surface area contributed by atoms with E-state index in [4.69, 9.17) is 4.74 Å². The Morgan fingerprint density at radius 2 is 2.12 bits per heavy atom. The maximum absolute atomic E-state index is 13.9. The smallest absolute Gasteiger partial charge is 0.123 e. The molecule has 1 aliphatic heterocycles. The molecule has 0 fully saturated rings. The fourth-order valence-electron chi connectivity index (χ4n) is 3.64. The Labute approximate surface area is 144 Å². The van der Waals surface area contributed by atoms with Crippen molar-refractivity contribution in [1.29, 1.82) is 0 Å². The number of hydrogen-bond acceptors (Lipinski definition) is 3. The minimum absolute atomic E-state index is 0.227. The first kappa shape index (κ1) is 15.4. The van der Waals surface area contributed by atoms with Crippen LogP contribution in [0.1, 0.15) is 24.5 Å². The highest BCUT2D eigenvalue weighted by Crippen LogP contribution is 2.46. The van der Waals surface area contributed by atoms with Crippen molar-refractivity contribution in [3.8, 4) is 5.75 Å². The van der Waals surface area contributed by atoms with Gasteiger partial charge in [-0.25, -0.2) is 4.39 Å². The summed E-state index contributed by atoms with van der Waals surface area (Å²) in [4.78, 5) is 3.40. The number of aromatic amines is 1. The van der Waals surface area contributed by atoms with Crippen molar-refractivity contribution >= 4 is 28.5 Å². The molecule has 0 spiro atoms. The van der Waals surface area contributed by atoms with Crippen LogP contribution < -0.4 is 9.46 Å². The highest BCUT2D eigenvalue weighted by Gasteiger charge is 2.37. The fraction of sp³-hybridized carbons (Fsp3) is 0.263. The van der Waals surface area contributed by atoms with Crippen molar-refractivity contribution in [3.63, 3.8) is 0 Å². The van der Waals surface area contributed by atoms with Crippen LogP contribution in [-0.2, 0) is 5.41 Å². The normalized spacial score (nSPS) is 19.8. The van der Waals surface area contributed by atoms with Crippen LogP contribution in [0.2, 0.25) is 0 Å². The van der Waals surface area contributed by atoms with Gasteiger partial charge >= 0.3 is 0 Å². The maximum Gasteiger partial charge on any atom is 0.123 e. The van der Waals surface area contributed by atoms with E-state index in [0.29, 0.717) is 6.61 Å². The number of fused-ring (bicyclic) bond motifs is 2. The lowest BCUT2D eigenvalue weighted by Crippen LogP contribution is -2.31. The zero-order chi connectivity index (χ0) is 16.7. The van der Waals surface area contributed by atoms with Crippen molar-refractivity contribution in [2.75, 3.05) is 17.6 Å². The van der Waals surface area contributed by atoms with Gasteiger partial charge in [-0.2, -0.15) is 0 Å². The molecule has 0 aliphatic carbocycles. The van der Waals surface area contributed by atoms with E-state index in [2.05, 4.69) is 35.0 Å². The molecule has 1 aromatic heterocycles. The van der Waals surface area contributed by atoms with E-state index in [-0.39, 0.29) is 11.2 Å². The van der Waals surface area contributed by atoms with E-state index in [1.165, 1.54) is 11.6 Å². The summed E-state index contributed by atoms with van der Waals surface area (Å²) in [5, 5.41) is 1.16. The number of hydrogen-bond donors (Lipinski definition) is 2. The number of ether oxygens (including phenoxy) is 1. The lowest BCUT2D eigenvalue weighted by atomic mass is 9.72. The van der Waals surface area contributed by atoms with Gasteiger partial charge in [0.25, 0.3) is 0 Å². The van der Waals surface area contributed by atoms with E-state index in [1.54, 1.807) is 24.1 Å². The van der Waals surface area contributed by atoms with Crippen LogP contribution in [0.3, 0.4) is 0 Å². The largest absolute Gasteiger partial charge is 0.493 e. The summed E-state index contributed by atoms with van der Waals surface area (Å²) in [5.74, 6) is 0.549. The predicted octanol–water partition coefficient (Wildman–Crippen LogP) is 5.09. The number of nitrogens with one attached hydrogen (secondary N) is 2. The standard InChI is InChI=1S/C19H19FN2OS/c1-19(8-9-23-17-7-6-12(20)10-14(17)19)15-11-21-18-13(15)4-3-5-16(18)22-24-2/h3-7,10-11,21-22H,8-9H2,1-2H3. The van der Waals surface area contributed by atoms with E-state index in [9.17, 15) is 4.39 Å². The maximum atomic E-state index is 13.9. The fourth-order valence-corrected chi connectivity index (χ4v) is 4.03. The summed E-state index contributed by atoms with van der Waals surface area (Å²) >= 11 is 1.56. The Morgan fingerprint density at radius 3 is 2.96 bits per heavy atom. The molecule has 0 amide bonds. The van der Waals surface area contributed by atoms with Crippen LogP contribution in [0.25, 0.3) is 10.9 Å². The van der Waals surface area contributed by atoms with Crippen LogP contribution in [0.4, 0.5) is 10.1 Å². The van der Waals surface area contributed by atoms with E-state index < -0.39 is 0 Å². The summed E-state index contributed by atoms with van der Waals surface area (Å²) in [5.41, 5.74) is 3.94. The van der Waals surface area contributed by atoms with Crippen molar-refractivity contribution < 1.29 is 9.13 Å². The molecule has 1 atom stereocenters. The quantitative estimate of drug-likeness (QED) is 0.651. The summed E-state index contributed by atoms with van der Waals surface area (Å²) in [6.45, 7) is 2.80. The molecule has 3 aromatic rings. The first-order valence-electron chi connectivity index (χ1n) is 7.96. The third-order valence-corrected chi connectivity index (χ3v) is 5.34. The van der Waals surface area contributed by atoms with Gasteiger partial charge in [-0.15, -0.1) is 0 Å². The number of aromatic nitrogens is 1. The van der Waals surface area contributed by atoms with Gasteiger partial charge < -0.3 is 14.4 Å². The van der Waals surface area contributed by atoms with Gasteiger partial charge in [-0.05, 0) is 36.2 Å². The molecule has 3 nitrogen and oxygen atoms in total. The lowest BCUT2D eigenvalue weighted by Gasteiger charge is -2.36. The molecule has 0 saturated carbocycles. The first-order chi connectivity index (χ1) is 11.6. The number of H-pyrrole nitrogens is 1. The van der Waals surface area contributed by atoms with Crippen molar-refractivity contribution in [3.05, 3.63) is 59.5 Å². The molecule has 0 saturated heterocycles. The second-order valence-electron chi connectivity index (χ2n) is 6.31. The molecule has 2 heterocycles. The average molecular weight is 342 g/mol. The second kappa shape index (κ2) is 5.74. The summed E-state index contributed by atoms with van der Waals surface area (Å²) in [7, 11) is 0. The van der Waals surface area contributed by atoms with Crippen LogP contribution >= 0.6 is 11.9 Å². The van der Waals surface area contributed by atoms with Gasteiger partial charge in [0, 0.05) is 28.8 Å². The molecule has 4 rings (SSSR count). The first-order valence-corrected chi connectivity index (χ1v) is 9.18. The van der Waals surface area contributed by atoms with Gasteiger partial charge in [0.05, 0.1) is 17.8 Å². The number of halogens is 1. The SMILES string of the molecule is CSNc1cccc2c(C3(C)CCOc4ccc(F)cc43)c[nH]c12. The number of benzene rings is 2. The zero-order valence-electron chi connectivity index (χ0n) is 13.7. The lowest BCUT2D eigenvalue weighted by molar-refractivity contribution is 0.243. The van der Waals surface area contributed by atoms with Crippen LogP contribution in [0.5, 0.6) is 5.75 Å². The molecule has 1 unspecified atom stereocenters. The predicted molar refractivity (Wildman–Crippen MR) is 98.4 cm³/mol. The molecule has 24 heavy (non-hydrogen) atoms. The number of para-hydroxylation sites is 1. The molecular formula is C19H19FN2OS. The van der Waals surface area contributed by atoms with Gasteiger partial charge in [0.15, 0.2) is 0 Å². The van der Waals surface area contributed by atoms with Gasteiger partial charge in [0.1, 0.15) is 11.6 Å². The summed E-state index contributed by atoms with van der Waals surface area (Å²) < 4.78 is 22.9. The van der Waals surface area contributed by atoms with E-state index >= 15 is 0 Å². The molecule has 124 valence electrons. The number of anilines is 1. The third kappa shape index (κ3) is 2.26. The minimum atomic E-state index is -0.286. The van der Waals surface area contributed by atoms with E-state index in [0.717, 1.165) is 34.3 Å². The van der Waals surface area contributed by atoms with Crippen molar-refractivity contribution in [2.45, 2.75) is 18.8 Å². The van der Waals surface area contributed by atoms with Gasteiger partial charge in [-0.1, -0.05) is 31.0 Å². The summed E-state index contributed by atoms with van der Waals surface area (Å²) in [6, 6.07) is 11.0. The minimum Gasteiger partial charge on any atom is -0.493 e. The average Bonchev–Trinajstić information content (AvgIpc) is 3.02.